The molecule has 3 rings (SSSR count). The van der Waals surface area contributed by atoms with E-state index in [0.29, 0.717) is 22.0 Å². The van der Waals surface area contributed by atoms with Gasteiger partial charge in [0.15, 0.2) is 6.61 Å². The Balaban J connectivity index is 1.80. The van der Waals surface area contributed by atoms with Gasteiger partial charge in [-0.25, -0.2) is 4.98 Å². The van der Waals surface area contributed by atoms with Gasteiger partial charge in [-0.3, -0.25) is 4.79 Å². The van der Waals surface area contributed by atoms with Crippen LogP contribution in [0.4, 0.5) is 0 Å². The third-order valence-electron chi connectivity index (χ3n) is 2.93. The van der Waals surface area contributed by atoms with Crippen LogP contribution in [0.5, 0.6) is 5.75 Å². The molecule has 0 radical (unpaired) electrons. The molecule has 5 heteroatoms. The van der Waals surface area contributed by atoms with Crippen molar-refractivity contribution < 1.29 is 9.53 Å². The minimum atomic E-state index is -0.200. The van der Waals surface area contributed by atoms with Gasteiger partial charge in [0.2, 0.25) is 5.78 Å². The number of pyridine rings is 1. The van der Waals surface area contributed by atoms with E-state index in [-0.39, 0.29) is 12.4 Å². The zero-order chi connectivity index (χ0) is 13.9. The predicted molar refractivity (Wildman–Crippen MR) is 77.4 cm³/mol. The summed E-state index contributed by atoms with van der Waals surface area (Å²) in [4.78, 5) is 19.3. The summed E-state index contributed by atoms with van der Waals surface area (Å²) in [6.45, 7) is -0.0681. The van der Waals surface area contributed by atoms with Crippen molar-refractivity contribution in [3.63, 3.8) is 0 Å². The standard InChI is InChI=1S/C15H11ClN2O2/c16-14-11-6-7-17-15(11)18-8-12(14)13(19)9-20-10-4-2-1-3-5-10/h1-8H,9H2,(H,17,18). The molecule has 0 saturated heterocycles. The Kier molecular flexibility index (Phi) is 3.39. The Bertz CT molecular complexity index is 753. The number of carbonyl (C=O) groups is 1. The second-order valence-electron chi connectivity index (χ2n) is 4.25. The van der Waals surface area contributed by atoms with Crippen molar-refractivity contribution in [1.29, 1.82) is 0 Å². The molecular weight excluding hydrogens is 276 g/mol. The number of nitrogens with zero attached hydrogens (tertiary/aromatic N) is 1. The van der Waals surface area contributed by atoms with Gasteiger partial charge in [-0.1, -0.05) is 29.8 Å². The number of ketones is 1. The number of nitrogens with one attached hydrogen (secondary N) is 1. The summed E-state index contributed by atoms with van der Waals surface area (Å²) < 4.78 is 5.43. The summed E-state index contributed by atoms with van der Waals surface area (Å²) >= 11 is 6.22. The first kappa shape index (κ1) is 12.7. The number of ether oxygens (including phenoxy) is 1. The molecule has 3 aromatic rings. The minimum Gasteiger partial charge on any atom is -0.485 e. The first-order valence-corrected chi connectivity index (χ1v) is 6.46. The van der Waals surface area contributed by atoms with Gasteiger partial charge >= 0.3 is 0 Å². The number of Topliss-reactive ketones (excluding diaryl/α,β-unsaturated/α-hetero) is 1. The van der Waals surface area contributed by atoms with Crippen LogP contribution < -0.4 is 4.74 Å². The first-order valence-electron chi connectivity index (χ1n) is 6.08. The molecule has 0 aliphatic heterocycles. The number of aromatic amines is 1. The summed E-state index contributed by atoms with van der Waals surface area (Å²) in [5.74, 6) is 0.446. The molecule has 0 atom stereocenters. The molecule has 0 unspecified atom stereocenters. The van der Waals surface area contributed by atoms with Gasteiger partial charge in [-0.05, 0) is 18.2 Å². The molecule has 2 heterocycles. The fourth-order valence-electron chi connectivity index (χ4n) is 1.91. The van der Waals surface area contributed by atoms with E-state index in [9.17, 15) is 4.79 Å². The van der Waals surface area contributed by atoms with Crippen molar-refractivity contribution in [2.75, 3.05) is 6.61 Å². The second-order valence-corrected chi connectivity index (χ2v) is 4.63. The fourth-order valence-corrected chi connectivity index (χ4v) is 2.22. The minimum absolute atomic E-state index is 0.0681. The largest absolute Gasteiger partial charge is 0.485 e. The number of para-hydroxylation sites is 1. The van der Waals surface area contributed by atoms with Crippen LogP contribution in [0.25, 0.3) is 11.0 Å². The van der Waals surface area contributed by atoms with Crippen LogP contribution in [0, 0.1) is 0 Å². The first-order chi connectivity index (χ1) is 9.75. The number of hydrogen-bond acceptors (Lipinski definition) is 3. The highest BCUT2D eigenvalue weighted by Crippen LogP contribution is 2.25. The number of rotatable bonds is 4. The lowest BCUT2D eigenvalue weighted by atomic mass is 10.1. The van der Waals surface area contributed by atoms with Crippen LogP contribution in [0.3, 0.4) is 0 Å². The number of hydrogen-bond donors (Lipinski definition) is 1. The lowest BCUT2D eigenvalue weighted by Gasteiger charge is -2.06. The van der Waals surface area contributed by atoms with Gasteiger partial charge in [0.25, 0.3) is 0 Å². The quantitative estimate of drug-likeness (QED) is 0.747. The van der Waals surface area contributed by atoms with Crippen molar-refractivity contribution in [3.05, 3.63) is 59.4 Å². The van der Waals surface area contributed by atoms with Crippen LogP contribution in [0.2, 0.25) is 5.02 Å². The van der Waals surface area contributed by atoms with Crippen LogP contribution in [0.1, 0.15) is 10.4 Å². The van der Waals surface area contributed by atoms with Gasteiger partial charge in [0.05, 0.1) is 10.6 Å². The average Bonchev–Trinajstić information content (AvgIpc) is 2.96. The Hall–Kier alpha value is -2.33. The molecule has 0 amide bonds. The molecule has 0 saturated carbocycles. The Morgan fingerprint density at radius 2 is 2.05 bits per heavy atom. The van der Waals surface area contributed by atoms with E-state index in [1.807, 2.05) is 18.2 Å². The molecule has 1 N–H and O–H groups in total. The molecule has 0 aliphatic carbocycles. The van der Waals surface area contributed by atoms with Crippen molar-refractivity contribution in [1.82, 2.24) is 9.97 Å². The molecule has 4 nitrogen and oxygen atoms in total. The molecule has 0 fully saturated rings. The SMILES string of the molecule is O=C(COc1ccccc1)c1cnc2[nH]ccc2c1Cl. The fraction of sp³-hybridized carbons (Fsp3) is 0.0667. The van der Waals surface area contributed by atoms with Crippen LogP contribution >= 0.6 is 11.6 Å². The smallest absolute Gasteiger partial charge is 0.203 e. The van der Waals surface area contributed by atoms with Gasteiger partial charge in [0, 0.05) is 17.8 Å². The maximum Gasteiger partial charge on any atom is 0.203 e. The highest BCUT2D eigenvalue weighted by Gasteiger charge is 2.15. The van der Waals surface area contributed by atoms with Gasteiger partial charge < -0.3 is 9.72 Å². The molecule has 2 aromatic heterocycles. The monoisotopic (exact) mass is 286 g/mol. The van der Waals surface area contributed by atoms with Crippen LogP contribution in [0.15, 0.2) is 48.8 Å². The van der Waals surface area contributed by atoms with E-state index in [1.54, 1.807) is 24.4 Å². The molecule has 20 heavy (non-hydrogen) atoms. The third-order valence-corrected chi connectivity index (χ3v) is 3.34. The van der Waals surface area contributed by atoms with Crippen molar-refractivity contribution in [2.45, 2.75) is 0 Å². The molecule has 0 spiro atoms. The normalized spacial score (nSPS) is 10.7. The van der Waals surface area contributed by atoms with Gasteiger partial charge in [-0.2, -0.15) is 0 Å². The summed E-state index contributed by atoms with van der Waals surface area (Å²) in [7, 11) is 0. The van der Waals surface area contributed by atoms with Gasteiger partial charge in [-0.15, -0.1) is 0 Å². The van der Waals surface area contributed by atoms with Crippen molar-refractivity contribution >= 4 is 28.4 Å². The Morgan fingerprint density at radius 3 is 2.85 bits per heavy atom. The number of fused-ring (bicyclic) bond motifs is 1. The number of halogens is 1. The Morgan fingerprint density at radius 1 is 1.25 bits per heavy atom. The predicted octanol–water partition coefficient (Wildman–Crippen LogP) is 3.48. The van der Waals surface area contributed by atoms with E-state index < -0.39 is 0 Å². The molecule has 1 aromatic carbocycles. The number of aromatic nitrogens is 2. The highest BCUT2D eigenvalue weighted by molar-refractivity contribution is 6.38. The lowest BCUT2D eigenvalue weighted by Crippen LogP contribution is -2.12. The van der Waals surface area contributed by atoms with Crippen LogP contribution in [-0.2, 0) is 0 Å². The average molecular weight is 287 g/mol. The lowest BCUT2D eigenvalue weighted by molar-refractivity contribution is 0.0921. The Labute approximate surface area is 120 Å². The summed E-state index contributed by atoms with van der Waals surface area (Å²) in [5.41, 5.74) is 1.03. The van der Waals surface area contributed by atoms with Crippen molar-refractivity contribution in [2.24, 2.45) is 0 Å². The summed E-state index contributed by atoms with van der Waals surface area (Å²) in [6.07, 6.45) is 3.20. The van der Waals surface area contributed by atoms with E-state index in [0.717, 1.165) is 5.39 Å². The molecular formula is C15H11ClN2O2. The van der Waals surface area contributed by atoms with Crippen molar-refractivity contribution in [3.8, 4) is 5.75 Å². The highest BCUT2D eigenvalue weighted by atomic mass is 35.5. The molecule has 100 valence electrons. The summed E-state index contributed by atoms with van der Waals surface area (Å²) in [6, 6.07) is 11.0. The van der Waals surface area contributed by atoms with E-state index in [2.05, 4.69) is 9.97 Å². The van der Waals surface area contributed by atoms with Crippen LogP contribution in [-0.4, -0.2) is 22.4 Å². The maximum absolute atomic E-state index is 12.1. The number of carbonyl (C=O) groups excluding carboxylic acids is 1. The molecule has 0 bridgehead atoms. The molecule has 0 aliphatic rings. The zero-order valence-corrected chi connectivity index (χ0v) is 11.2. The second kappa shape index (κ2) is 5.35. The topological polar surface area (TPSA) is 55.0 Å². The third kappa shape index (κ3) is 2.38. The summed E-state index contributed by atoms with van der Waals surface area (Å²) in [5, 5.41) is 1.13. The maximum atomic E-state index is 12.1. The zero-order valence-electron chi connectivity index (χ0n) is 10.5. The van der Waals surface area contributed by atoms with E-state index >= 15 is 0 Å². The van der Waals surface area contributed by atoms with E-state index in [4.69, 9.17) is 16.3 Å². The number of benzene rings is 1. The van der Waals surface area contributed by atoms with Gasteiger partial charge in [0.1, 0.15) is 11.4 Å². The number of H-pyrrole nitrogens is 1. The van der Waals surface area contributed by atoms with E-state index in [1.165, 1.54) is 6.20 Å².